The Bertz CT molecular complexity index is 1130. The van der Waals surface area contributed by atoms with Crippen LogP contribution in [0.4, 0.5) is 8.78 Å². The molecule has 1 N–H and O–H groups in total. The van der Waals surface area contributed by atoms with Crippen LogP contribution in [0, 0.1) is 28.6 Å². The lowest BCUT2D eigenvalue weighted by atomic mass is 9.45. The van der Waals surface area contributed by atoms with Gasteiger partial charge >= 0.3 is 5.97 Å². The molecular formula is C28H30F2O5. The van der Waals surface area contributed by atoms with Gasteiger partial charge in [0.15, 0.2) is 23.8 Å². The molecule has 0 aromatic heterocycles. The predicted molar refractivity (Wildman–Crippen MR) is 124 cm³/mol. The fourth-order valence-corrected chi connectivity index (χ4v) is 7.63. The van der Waals surface area contributed by atoms with Crippen molar-refractivity contribution in [3.05, 3.63) is 59.7 Å². The molecule has 0 radical (unpaired) electrons. The van der Waals surface area contributed by atoms with Crippen molar-refractivity contribution >= 4 is 17.5 Å². The SMILES string of the molecule is C[C@]12C[C@H](O)[C@@]3(F)[C@@H](C[C@H](F)C4=CC(=O)C=C[C@@]43C)C1CC[C@@H]2C(=O)COC(=O)c1ccccc1. The Hall–Kier alpha value is -2.67. The van der Waals surface area contributed by atoms with Crippen LogP contribution in [-0.4, -0.2) is 47.2 Å². The minimum atomic E-state index is -2.15. The number of aliphatic hydroxyl groups is 1. The molecule has 0 heterocycles. The van der Waals surface area contributed by atoms with E-state index in [0.29, 0.717) is 18.4 Å². The van der Waals surface area contributed by atoms with Crippen LogP contribution in [0.2, 0.25) is 0 Å². The summed E-state index contributed by atoms with van der Waals surface area (Å²) in [7, 11) is 0. The molecule has 35 heavy (non-hydrogen) atoms. The van der Waals surface area contributed by atoms with Gasteiger partial charge in [-0.15, -0.1) is 0 Å². The van der Waals surface area contributed by atoms with Crippen molar-refractivity contribution in [3.8, 4) is 0 Å². The lowest BCUT2D eigenvalue weighted by molar-refractivity contribution is -0.202. The minimum Gasteiger partial charge on any atom is -0.454 e. The molecule has 1 aromatic rings. The van der Waals surface area contributed by atoms with Crippen LogP contribution in [0.3, 0.4) is 0 Å². The largest absolute Gasteiger partial charge is 0.454 e. The number of alkyl halides is 2. The summed E-state index contributed by atoms with van der Waals surface area (Å²) in [5.41, 5.74) is -3.90. The highest BCUT2D eigenvalue weighted by atomic mass is 19.1. The van der Waals surface area contributed by atoms with Crippen molar-refractivity contribution in [3.63, 3.8) is 0 Å². The first-order chi connectivity index (χ1) is 16.5. The smallest absolute Gasteiger partial charge is 0.338 e. The van der Waals surface area contributed by atoms with Crippen LogP contribution < -0.4 is 0 Å². The summed E-state index contributed by atoms with van der Waals surface area (Å²) in [6.07, 6.45) is 1.78. The van der Waals surface area contributed by atoms with Crippen LogP contribution in [0.5, 0.6) is 0 Å². The zero-order valence-corrected chi connectivity index (χ0v) is 19.9. The molecular weight excluding hydrogens is 454 g/mol. The maximum atomic E-state index is 17.0. The summed E-state index contributed by atoms with van der Waals surface area (Å²) >= 11 is 0. The van der Waals surface area contributed by atoms with Crippen molar-refractivity contribution in [2.24, 2.45) is 28.6 Å². The van der Waals surface area contributed by atoms with Gasteiger partial charge in [0, 0.05) is 17.3 Å². The number of esters is 1. The van der Waals surface area contributed by atoms with Crippen LogP contribution >= 0.6 is 0 Å². The number of ketones is 2. The average Bonchev–Trinajstić information content (AvgIpc) is 3.17. The number of allylic oxidation sites excluding steroid dienone is 4. The molecule has 5 rings (SSSR count). The molecule has 0 saturated heterocycles. The molecule has 0 spiro atoms. The van der Waals surface area contributed by atoms with Gasteiger partial charge in [0.25, 0.3) is 0 Å². The van der Waals surface area contributed by atoms with Gasteiger partial charge in [0.2, 0.25) is 0 Å². The van der Waals surface area contributed by atoms with Gasteiger partial charge in [-0.25, -0.2) is 13.6 Å². The number of aliphatic hydroxyl groups excluding tert-OH is 1. The zero-order chi connectivity index (χ0) is 25.2. The van der Waals surface area contributed by atoms with E-state index in [1.807, 2.05) is 6.92 Å². The number of fused-ring (bicyclic) bond motifs is 5. The van der Waals surface area contributed by atoms with Gasteiger partial charge < -0.3 is 9.84 Å². The Morgan fingerprint density at radius 2 is 1.86 bits per heavy atom. The van der Waals surface area contributed by atoms with Gasteiger partial charge in [-0.2, -0.15) is 0 Å². The van der Waals surface area contributed by atoms with E-state index in [-0.39, 0.29) is 35.9 Å². The topological polar surface area (TPSA) is 80.7 Å². The second-order valence-electron chi connectivity index (χ2n) is 11.0. The number of Topliss-reactive ketones (excluding diaryl/α,β-unsaturated/α-hetero) is 1. The Morgan fingerprint density at radius 1 is 1.14 bits per heavy atom. The second-order valence-corrected chi connectivity index (χ2v) is 11.0. The monoisotopic (exact) mass is 484 g/mol. The van der Waals surface area contributed by atoms with E-state index in [1.54, 1.807) is 37.3 Å². The molecule has 0 amide bonds. The van der Waals surface area contributed by atoms with Gasteiger partial charge in [-0.3, -0.25) is 9.59 Å². The van der Waals surface area contributed by atoms with E-state index in [9.17, 15) is 19.5 Å². The highest BCUT2D eigenvalue weighted by Gasteiger charge is 2.72. The molecule has 0 bridgehead atoms. The molecule has 1 aromatic carbocycles. The first-order valence-corrected chi connectivity index (χ1v) is 12.2. The first-order valence-electron chi connectivity index (χ1n) is 12.2. The number of halogens is 2. The highest BCUT2D eigenvalue weighted by molar-refractivity contribution is 6.01. The fourth-order valence-electron chi connectivity index (χ4n) is 7.63. The highest BCUT2D eigenvalue weighted by Crippen LogP contribution is 2.69. The third kappa shape index (κ3) is 3.38. The summed E-state index contributed by atoms with van der Waals surface area (Å²) in [6, 6.07) is 8.38. The van der Waals surface area contributed by atoms with E-state index in [0.717, 1.165) is 0 Å². The third-order valence-electron chi connectivity index (χ3n) is 9.37. The van der Waals surface area contributed by atoms with Crippen molar-refractivity contribution in [2.45, 2.75) is 57.5 Å². The van der Waals surface area contributed by atoms with Crippen LogP contribution in [0.1, 0.15) is 49.9 Å². The van der Waals surface area contributed by atoms with Crippen molar-refractivity contribution in [1.29, 1.82) is 0 Å². The molecule has 1 unspecified atom stereocenters. The Kier molecular flexibility index (Phi) is 5.62. The predicted octanol–water partition coefficient (Wildman–Crippen LogP) is 4.35. The van der Waals surface area contributed by atoms with E-state index >= 15 is 8.78 Å². The molecule has 3 fully saturated rings. The van der Waals surface area contributed by atoms with E-state index in [2.05, 4.69) is 0 Å². The van der Waals surface area contributed by atoms with E-state index in [1.165, 1.54) is 18.2 Å². The Labute approximate surface area is 203 Å². The normalized spacial score (nSPS) is 41.9. The number of benzene rings is 1. The summed E-state index contributed by atoms with van der Waals surface area (Å²) in [5, 5.41) is 11.3. The number of hydrogen-bond donors (Lipinski definition) is 1. The van der Waals surface area contributed by atoms with Crippen molar-refractivity contribution in [1.82, 2.24) is 0 Å². The van der Waals surface area contributed by atoms with Gasteiger partial charge in [-0.05, 0) is 73.8 Å². The van der Waals surface area contributed by atoms with Crippen molar-refractivity contribution in [2.75, 3.05) is 6.61 Å². The second kappa shape index (κ2) is 8.19. The molecule has 4 aliphatic rings. The zero-order valence-electron chi connectivity index (χ0n) is 19.9. The number of carbonyl (C=O) groups is 3. The summed E-state index contributed by atoms with van der Waals surface area (Å²) in [5.74, 6) is -2.90. The molecule has 0 aliphatic heterocycles. The Morgan fingerprint density at radius 3 is 2.57 bits per heavy atom. The first kappa shape index (κ1) is 24.0. The van der Waals surface area contributed by atoms with Gasteiger partial charge in [-0.1, -0.05) is 31.2 Å². The number of rotatable bonds is 4. The standard InChI is InChI=1S/C28H30F2O5/c1-26-14-24(33)28(30)20(13-22(29)21-12-17(31)10-11-27(21,28)2)18(26)8-9-19(26)23(32)15-35-25(34)16-6-4-3-5-7-16/h3-7,10-12,18-20,22,24,33H,8-9,13-15H2,1-2H3/t18?,19-,20+,22+,24+,26+,27+,28+/m1/s1. The molecule has 4 aliphatic carbocycles. The van der Waals surface area contributed by atoms with Gasteiger partial charge in [0.05, 0.1) is 11.7 Å². The quantitative estimate of drug-likeness (QED) is 0.643. The summed E-state index contributed by atoms with van der Waals surface area (Å²) < 4.78 is 37.7. The lowest BCUT2D eigenvalue weighted by Crippen LogP contribution is -2.68. The van der Waals surface area contributed by atoms with Crippen LogP contribution in [0.25, 0.3) is 0 Å². The number of carbonyl (C=O) groups excluding carboxylic acids is 3. The number of ether oxygens (including phenoxy) is 1. The molecule has 8 atom stereocenters. The average molecular weight is 485 g/mol. The fraction of sp³-hybridized carbons (Fsp3) is 0.536. The maximum Gasteiger partial charge on any atom is 0.338 e. The lowest BCUT2D eigenvalue weighted by Gasteiger charge is -2.62. The third-order valence-corrected chi connectivity index (χ3v) is 9.37. The Balaban J connectivity index is 1.39. The van der Waals surface area contributed by atoms with Crippen molar-refractivity contribution < 1.29 is 33.0 Å². The minimum absolute atomic E-state index is 0.0370. The van der Waals surface area contributed by atoms with E-state index in [4.69, 9.17) is 4.74 Å². The summed E-state index contributed by atoms with van der Waals surface area (Å²) in [4.78, 5) is 37.4. The maximum absolute atomic E-state index is 17.0. The van der Waals surface area contributed by atoms with E-state index < -0.39 is 53.2 Å². The van der Waals surface area contributed by atoms with Crippen LogP contribution in [-0.2, 0) is 14.3 Å². The number of hydrogen-bond acceptors (Lipinski definition) is 5. The summed E-state index contributed by atoms with van der Waals surface area (Å²) in [6.45, 7) is 3.03. The molecule has 3 saturated carbocycles. The molecule has 5 nitrogen and oxygen atoms in total. The van der Waals surface area contributed by atoms with Gasteiger partial charge in [0.1, 0.15) is 6.17 Å². The molecule has 7 heteroatoms. The van der Waals surface area contributed by atoms with Crippen LogP contribution in [0.15, 0.2) is 54.1 Å². The molecule has 186 valence electrons.